The third kappa shape index (κ3) is 13.4. The van der Waals surface area contributed by atoms with E-state index in [2.05, 4.69) is 0 Å². The van der Waals surface area contributed by atoms with E-state index in [9.17, 15) is 44.7 Å². The summed E-state index contributed by atoms with van der Waals surface area (Å²) in [5.41, 5.74) is 0.899. The highest BCUT2D eigenvalue weighted by Gasteiger charge is 2.23. The highest BCUT2D eigenvalue weighted by molar-refractivity contribution is 5.70. The van der Waals surface area contributed by atoms with Crippen LogP contribution < -0.4 is 0 Å². The summed E-state index contributed by atoms with van der Waals surface area (Å²) in [6.07, 6.45) is -2.09. The van der Waals surface area contributed by atoms with Crippen LogP contribution in [0, 0.1) is 0 Å². The number of nitrogens with zero attached hydrogens (tertiary/aromatic N) is 5. The quantitative estimate of drug-likeness (QED) is 0.212. The SMILES string of the molecule is O=C(O)CN1CCN(CC(=O)O)CCN(C(=O)O)CCN(CC(O)CN(CC(=O)O)Cc2ccccc2)CC1. The number of carboxylic acids is 3. The fraction of sp³-hybridized carbons (Fsp3) is 0.600. The fourth-order valence-corrected chi connectivity index (χ4v) is 4.48. The lowest BCUT2D eigenvalue weighted by atomic mass is 10.2. The number of carbonyl (C=O) groups is 4. The minimum absolute atomic E-state index is 0.0708. The molecule has 1 fully saturated rings. The molecule has 1 aliphatic heterocycles. The third-order valence-corrected chi connectivity index (χ3v) is 6.37. The van der Waals surface area contributed by atoms with Crippen LogP contribution in [0.3, 0.4) is 0 Å². The molecule has 0 saturated carbocycles. The number of aliphatic hydroxyl groups excluding tert-OH is 1. The van der Waals surface area contributed by atoms with Gasteiger partial charge in [-0.3, -0.25) is 34.0 Å². The monoisotopic (exact) mass is 553 g/mol. The second-order valence-electron chi connectivity index (χ2n) is 9.61. The summed E-state index contributed by atoms with van der Waals surface area (Å²) < 4.78 is 0. The maximum Gasteiger partial charge on any atom is 0.407 e. The Balaban J connectivity index is 2.11. The molecule has 0 aromatic heterocycles. The van der Waals surface area contributed by atoms with E-state index < -0.39 is 30.1 Å². The average Bonchev–Trinajstić information content (AvgIpc) is 2.83. The number of β-amino-alcohol motifs (C(OH)–C–C–N with tert-alkyl or cyclic N) is 1. The minimum Gasteiger partial charge on any atom is -0.480 e. The van der Waals surface area contributed by atoms with Gasteiger partial charge in [-0.05, 0) is 5.56 Å². The van der Waals surface area contributed by atoms with Gasteiger partial charge in [0.25, 0.3) is 0 Å². The highest BCUT2D eigenvalue weighted by atomic mass is 16.4. The number of aliphatic hydroxyl groups is 1. The predicted octanol–water partition coefficient (Wildman–Crippen LogP) is -0.997. The molecule has 14 heteroatoms. The zero-order chi connectivity index (χ0) is 28.8. The first-order valence-electron chi connectivity index (χ1n) is 12.8. The van der Waals surface area contributed by atoms with E-state index in [1.807, 2.05) is 35.2 Å². The van der Waals surface area contributed by atoms with E-state index in [1.54, 1.807) is 14.7 Å². The first-order valence-corrected chi connectivity index (χ1v) is 12.8. The Morgan fingerprint density at radius 3 is 1.69 bits per heavy atom. The molecule has 1 aromatic rings. The number of hydrogen-bond acceptors (Lipinski definition) is 9. The molecular formula is C25H39N5O9. The number of amides is 1. The summed E-state index contributed by atoms with van der Waals surface area (Å²) in [5.74, 6) is -3.11. The second-order valence-corrected chi connectivity index (χ2v) is 9.61. The molecule has 5 N–H and O–H groups in total. The summed E-state index contributed by atoms with van der Waals surface area (Å²) in [4.78, 5) is 53.8. The van der Waals surface area contributed by atoms with Gasteiger partial charge >= 0.3 is 24.0 Å². The van der Waals surface area contributed by atoms with Crippen molar-refractivity contribution in [3.63, 3.8) is 0 Å². The van der Waals surface area contributed by atoms with Crippen LogP contribution in [0.1, 0.15) is 5.56 Å². The van der Waals surface area contributed by atoms with Gasteiger partial charge in [-0.1, -0.05) is 30.3 Å². The van der Waals surface area contributed by atoms with Crippen molar-refractivity contribution in [2.45, 2.75) is 12.6 Å². The number of aliphatic carboxylic acids is 3. The van der Waals surface area contributed by atoms with Gasteiger partial charge in [-0.25, -0.2) is 4.79 Å². The molecule has 218 valence electrons. The topological polar surface area (TPSA) is 186 Å². The van der Waals surface area contributed by atoms with Crippen molar-refractivity contribution in [1.29, 1.82) is 0 Å². The maximum atomic E-state index is 11.8. The molecule has 0 bridgehead atoms. The Hall–Kier alpha value is -3.30. The van der Waals surface area contributed by atoms with E-state index in [-0.39, 0.29) is 72.0 Å². The largest absolute Gasteiger partial charge is 0.480 e. The summed E-state index contributed by atoms with van der Waals surface area (Å²) in [5, 5.41) is 48.4. The van der Waals surface area contributed by atoms with Gasteiger partial charge in [0.1, 0.15) is 0 Å². The van der Waals surface area contributed by atoms with Crippen molar-refractivity contribution in [3.05, 3.63) is 35.9 Å². The summed E-state index contributed by atoms with van der Waals surface area (Å²) in [6, 6.07) is 9.28. The van der Waals surface area contributed by atoms with Crippen LogP contribution in [0.25, 0.3) is 0 Å². The van der Waals surface area contributed by atoms with Crippen LogP contribution in [-0.4, -0.2) is 165 Å². The number of carboxylic acid groups (broad SMARTS) is 4. The lowest BCUT2D eigenvalue weighted by Crippen LogP contribution is -2.50. The molecule has 1 atom stereocenters. The zero-order valence-corrected chi connectivity index (χ0v) is 22.0. The summed E-state index contributed by atoms with van der Waals surface area (Å²) >= 11 is 0. The Morgan fingerprint density at radius 1 is 0.718 bits per heavy atom. The summed E-state index contributed by atoms with van der Waals surface area (Å²) in [7, 11) is 0. The summed E-state index contributed by atoms with van der Waals surface area (Å²) in [6.45, 7) is 1.47. The highest BCUT2D eigenvalue weighted by Crippen LogP contribution is 2.07. The van der Waals surface area contributed by atoms with E-state index in [0.29, 0.717) is 19.6 Å². The van der Waals surface area contributed by atoms with Gasteiger partial charge in [-0.2, -0.15) is 0 Å². The zero-order valence-electron chi connectivity index (χ0n) is 22.0. The third-order valence-electron chi connectivity index (χ3n) is 6.37. The molecule has 1 aliphatic rings. The van der Waals surface area contributed by atoms with Crippen LogP contribution in [-0.2, 0) is 20.9 Å². The lowest BCUT2D eigenvalue weighted by Gasteiger charge is -2.34. The Labute approximate surface area is 227 Å². The van der Waals surface area contributed by atoms with E-state index >= 15 is 0 Å². The number of hydrogen-bond donors (Lipinski definition) is 5. The molecule has 2 rings (SSSR count). The normalized spacial score (nSPS) is 17.7. The van der Waals surface area contributed by atoms with E-state index in [1.165, 1.54) is 4.90 Å². The first kappa shape index (κ1) is 31.9. The van der Waals surface area contributed by atoms with Crippen LogP contribution in [0.15, 0.2) is 30.3 Å². The fourth-order valence-electron chi connectivity index (χ4n) is 4.48. The molecule has 14 nitrogen and oxygen atoms in total. The Kier molecular flexibility index (Phi) is 13.6. The van der Waals surface area contributed by atoms with Crippen molar-refractivity contribution in [3.8, 4) is 0 Å². The van der Waals surface area contributed by atoms with Crippen molar-refractivity contribution >= 4 is 24.0 Å². The molecule has 1 heterocycles. The van der Waals surface area contributed by atoms with Gasteiger partial charge in [0.05, 0.1) is 25.7 Å². The smallest absolute Gasteiger partial charge is 0.407 e. The minimum atomic E-state index is -1.15. The van der Waals surface area contributed by atoms with Gasteiger partial charge < -0.3 is 30.4 Å². The lowest BCUT2D eigenvalue weighted by molar-refractivity contribution is -0.140. The molecule has 39 heavy (non-hydrogen) atoms. The van der Waals surface area contributed by atoms with Gasteiger partial charge in [0.15, 0.2) is 0 Å². The Morgan fingerprint density at radius 2 is 1.21 bits per heavy atom. The molecule has 0 aliphatic carbocycles. The average molecular weight is 554 g/mol. The van der Waals surface area contributed by atoms with E-state index in [0.717, 1.165) is 5.56 Å². The standard InChI is InChI=1S/C25H39N5O9/c31-21(16-29(19-24(36)37)14-20-4-2-1-3-5-20)15-26-6-7-27(17-22(32)33)8-9-28(18-23(34)35)11-13-30(12-10-26)25(38)39/h1-5,21,31H,6-19H2,(H,32,33)(H,34,35)(H,36,37)(H,38,39). The van der Waals surface area contributed by atoms with Crippen LogP contribution in [0.4, 0.5) is 4.79 Å². The number of rotatable bonds is 12. The number of benzene rings is 1. The van der Waals surface area contributed by atoms with Crippen molar-refractivity contribution in [1.82, 2.24) is 24.5 Å². The van der Waals surface area contributed by atoms with Crippen molar-refractivity contribution in [2.75, 3.05) is 85.1 Å². The van der Waals surface area contributed by atoms with Gasteiger partial charge in [-0.15, -0.1) is 0 Å². The van der Waals surface area contributed by atoms with Gasteiger partial charge in [0.2, 0.25) is 0 Å². The van der Waals surface area contributed by atoms with Gasteiger partial charge in [0, 0.05) is 72.0 Å². The van der Waals surface area contributed by atoms with Crippen molar-refractivity contribution < 1.29 is 44.7 Å². The first-order chi connectivity index (χ1) is 18.5. The molecule has 1 amide bonds. The van der Waals surface area contributed by atoms with Crippen molar-refractivity contribution in [2.24, 2.45) is 0 Å². The van der Waals surface area contributed by atoms with E-state index in [4.69, 9.17) is 0 Å². The molecule has 0 radical (unpaired) electrons. The van der Waals surface area contributed by atoms with Crippen LogP contribution >= 0.6 is 0 Å². The van der Waals surface area contributed by atoms with Crippen LogP contribution in [0.2, 0.25) is 0 Å². The molecule has 1 saturated heterocycles. The second kappa shape index (κ2) is 16.6. The molecule has 1 aromatic carbocycles. The van der Waals surface area contributed by atoms with Crippen LogP contribution in [0.5, 0.6) is 0 Å². The molecule has 0 spiro atoms. The molecule has 1 unspecified atom stereocenters. The predicted molar refractivity (Wildman–Crippen MR) is 140 cm³/mol. The maximum absolute atomic E-state index is 11.8. The Bertz CT molecular complexity index is 936. The molecular weight excluding hydrogens is 514 g/mol.